The number of nitrogens with two attached hydrogens (primary N) is 2. The minimum Gasteiger partial charge on any atom is -0.374 e. The van der Waals surface area contributed by atoms with Crippen molar-refractivity contribution in [1.82, 2.24) is 14.9 Å². The van der Waals surface area contributed by atoms with Crippen molar-refractivity contribution in [1.29, 1.82) is 0 Å². The molecule has 0 saturated carbocycles. The van der Waals surface area contributed by atoms with Gasteiger partial charge in [0.25, 0.3) is 0 Å². The van der Waals surface area contributed by atoms with Crippen molar-refractivity contribution in [3.05, 3.63) is 6.07 Å². The van der Waals surface area contributed by atoms with E-state index in [9.17, 15) is 0 Å². The summed E-state index contributed by atoms with van der Waals surface area (Å²) in [7, 11) is 2.08. The zero-order valence-electron chi connectivity index (χ0n) is 10.4. The van der Waals surface area contributed by atoms with E-state index in [0.717, 1.165) is 19.7 Å². The molecule has 0 spiro atoms. The Labute approximate surface area is 106 Å². The predicted molar refractivity (Wildman–Crippen MR) is 70.0 cm³/mol. The molecule has 0 aliphatic carbocycles. The van der Waals surface area contributed by atoms with E-state index in [1.165, 1.54) is 0 Å². The number of ether oxygens (including phenoxy) is 1. The molecule has 8 heteroatoms. The number of hydrogen-bond donors (Lipinski definition) is 4. The van der Waals surface area contributed by atoms with E-state index < -0.39 is 0 Å². The number of hydrazine groups is 1. The fourth-order valence-corrected chi connectivity index (χ4v) is 1.84. The molecule has 0 aromatic carbocycles. The monoisotopic (exact) mass is 253 g/mol. The van der Waals surface area contributed by atoms with Crippen molar-refractivity contribution >= 4 is 17.6 Å². The quantitative estimate of drug-likeness (QED) is 0.402. The van der Waals surface area contributed by atoms with Crippen molar-refractivity contribution in [2.24, 2.45) is 5.84 Å². The second-order valence-electron chi connectivity index (χ2n) is 4.28. The summed E-state index contributed by atoms with van der Waals surface area (Å²) in [5, 5.41) is 3.17. The van der Waals surface area contributed by atoms with Crippen LogP contribution in [0.4, 0.5) is 17.6 Å². The maximum absolute atomic E-state index is 5.64. The van der Waals surface area contributed by atoms with Gasteiger partial charge in [-0.3, -0.25) is 0 Å². The highest BCUT2D eigenvalue weighted by molar-refractivity contribution is 5.50. The lowest BCUT2D eigenvalue weighted by Crippen LogP contribution is -2.43. The molecule has 1 aromatic rings. The minimum absolute atomic E-state index is 0.147. The molecule has 1 saturated heterocycles. The maximum atomic E-state index is 5.64. The number of nitrogens with one attached hydrogen (secondary N) is 2. The molecular formula is C10H19N7O. The van der Waals surface area contributed by atoms with E-state index in [2.05, 4.69) is 32.7 Å². The van der Waals surface area contributed by atoms with E-state index in [1.54, 1.807) is 6.07 Å². The topological polar surface area (TPSA) is 114 Å². The van der Waals surface area contributed by atoms with Crippen molar-refractivity contribution < 1.29 is 4.74 Å². The minimum atomic E-state index is 0.147. The van der Waals surface area contributed by atoms with Crippen LogP contribution in [0, 0.1) is 0 Å². The third-order valence-corrected chi connectivity index (χ3v) is 2.74. The van der Waals surface area contributed by atoms with Gasteiger partial charge in [-0.1, -0.05) is 0 Å². The van der Waals surface area contributed by atoms with Gasteiger partial charge in [0, 0.05) is 25.7 Å². The van der Waals surface area contributed by atoms with Crippen molar-refractivity contribution in [3.8, 4) is 0 Å². The Morgan fingerprint density at radius 1 is 1.50 bits per heavy atom. The largest absolute Gasteiger partial charge is 0.374 e. The standard InChI is InChI=1S/C10H19N7O/c1-17-2-3-18-7(6-17)5-13-8-4-9(16-12)15-10(11)14-8/h4,7H,2-3,5-6,12H2,1H3,(H4,11,13,14,15,16). The summed E-state index contributed by atoms with van der Waals surface area (Å²) < 4.78 is 5.64. The molecule has 1 atom stereocenters. The number of nitrogens with zero attached hydrogens (tertiary/aromatic N) is 3. The van der Waals surface area contributed by atoms with Gasteiger partial charge in [0.15, 0.2) is 0 Å². The first-order valence-electron chi connectivity index (χ1n) is 5.82. The van der Waals surface area contributed by atoms with Crippen molar-refractivity contribution in [2.45, 2.75) is 6.10 Å². The molecule has 1 aliphatic heterocycles. The van der Waals surface area contributed by atoms with Crippen LogP contribution in [-0.4, -0.2) is 54.3 Å². The van der Waals surface area contributed by atoms with E-state index in [0.29, 0.717) is 18.2 Å². The van der Waals surface area contributed by atoms with Crippen LogP contribution < -0.4 is 22.3 Å². The molecule has 2 heterocycles. The summed E-state index contributed by atoms with van der Waals surface area (Å²) in [6.45, 7) is 3.29. The first kappa shape index (κ1) is 12.8. The number of hydrogen-bond acceptors (Lipinski definition) is 8. The summed E-state index contributed by atoms with van der Waals surface area (Å²) in [5.74, 6) is 6.58. The predicted octanol–water partition coefficient (Wildman–Crippen LogP) is -0.913. The molecule has 1 unspecified atom stereocenters. The molecule has 8 nitrogen and oxygen atoms in total. The van der Waals surface area contributed by atoms with Crippen LogP contribution in [0.2, 0.25) is 0 Å². The summed E-state index contributed by atoms with van der Waals surface area (Å²) in [5.41, 5.74) is 8.01. The second kappa shape index (κ2) is 5.80. The van der Waals surface area contributed by atoms with Gasteiger partial charge in [0.05, 0.1) is 12.7 Å². The average Bonchev–Trinajstić information content (AvgIpc) is 2.36. The zero-order chi connectivity index (χ0) is 13.0. The Kier molecular flexibility index (Phi) is 4.13. The number of nitrogen functional groups attached to an aromatic ring is 2. The summed E-state index contributed by atoms with van der Waals surface area (Å²) in [4.78, 5) is 10.2. The molecule has 100 valence electrons. The van der Waals surface area contributed by atoms with Crippen LogP contribution >= 0.6 is 0 Å². The summed E-state index contributed by atoms with van der Waals surface area (Å²) in [6, 6.07) is 1.70. The molecule has 0 amide bonds. The Bertz CT molecular complexity index is 400. The Morgan fingerprint density at radius 2 is 2.28 bits per heavy atom. The highest BCUT2D eigenvalue weighted by atomic mass is 16.5. The maximum Gasteiger partial charge on any atom is 0.223 e. The number of aromatic nitrogens is 2. The third-order valence-electron chi connectivity index (χ3n) is 2.74. The van der Waals surface area contributed by atoms with Crippen LogP contribution in [0.1, 0.15) is 0 Å². The highest BCUT2D eigenvalue weighted by Gasteiger charge is 2.17. The van der Waals surface area contributed by atoms with Crippen LogP contribution in [0.5, 0.6) is 0 Å². The van der Waals surface area contributed by atoms with E-state index >= 15 is 0 Å². The summed E-state index contributed by atoms with van der Waals surface area (Å²) >= 11 is 0. The van der Waals surface area contributed by atoms with Gasteiger partial charge in [-0.15, -0.1) is 0 Å². The van der Waals surface area contributed by atoms with Crippen LogP contribution in [0.3, 0.4) is 0 Å². The lowest BCUT2D eigenvalue weighted by Gasteiger charge is -2.30. The first-order valence-corrected chi connectivity index (χ1v) is 5.82. The molecule has 0 radical (unpaired) electrons. The molecular weight excluding hydrogens is 234 g/mol. The van der Waals surface area contributed by atoms with Gasteiger partial charge < -0.3 is 26.1 Å². The fourth-order valence-electron chi connectivity index (χ4n) is 1.84. The lowest BCUT2D eigenvalue weighted by molar-refractivity contribution is -0.0117. The SMILES string of the molecule is CN1CCOC(CNc2cc(NN)nc(N)n2)C1. The Morgan fingerprint density at radius 3 is 3.00 bits per heavy atom. The van der Waals surface area contributed by atoms with Gasteiger partial charge in [0.1, 0.15) is 11.6 Å². The number of anilines is 3. The molecule has 1 fully saturated rings. The number of likely N-dealkylation sites (N-methyl/N-ethyl adjacent to an activating group) is 1. The van der Waals surface area contributed by atoms with Crippen molar-refractivity contribution in [3.63, 3.8) is 0 Å². The molecule has 2 rings (SSSR count). The molecule has 1 aliphatic rings. The van der Waals surface area contributed by atoms with E-state index in [4.69, 9.17) is 16.3 Å². The van der Waals surface area contributed by atoms with Crippen molar-refractivity contribution in [2.75, 3.05) is 49.8 Å². The summed E-state index contributed by atoms with van der Waals surface area (Å²) in [6.07, 6.45) is 0.147. The Balaban J connectivity index is 1.91. The number of rotatable bonds is 4. The van der Waals surface area contributed by atoms with Gasteiger partial charge in [0.2, 0.25) is 5.95 Å². The third kappa shape index (κ3) is 3.42. The molecule has 6 N–H and O–H groups in total. The molecule has 0 bridgehead atoms. The van der Waals surface area contributed by atoms with Crippen LogP contribution in [0.25, 0.3) is 0 Å². The molecule has 18 heavy (non-hydrogen) atoms. The fraction of sp³-hybridized carbons (Fsp3) is 0.600. The van der Waals surface area contributed by atoms with Gasteiger partial charge in [-0.05, 0) is 7.05 Å². The lowest BCUT2D eigenvalue weighted by atomic mass is 10.3. The van der Waals surface area contributed by atoms with Gasteiger partial charge in [-0.25, -0.2) is 5.84 Å². The molecule has 1 aromatic heterocycles. The highest BCUT2D eigenvalue weighted by Crippen LogP contribution is 2.12. The normalized spacial score (nSPS) is 20.7. The Hall–Kier alpha value is -1.64. The smallest absolute Gasteiger partial charge is 0.223 e. The average molecular weight is 253 g/mol. The zero-order valence-corrected chi connectivity index (χ0v) is 10.4. The van der Waals surface area contributed by atoms with Crippen LogP contribution in [-0.2, 0) is 4.74 Å². The van der Waals surface area contributed by atoms with Crippen LogP contribution in [0.15, 0.2) is 6.07 Å². The van der Waals surface area contributed by atoms with Gasteiger partial charge >= 0.3 is 0 Å². The second-order valence-corrected chi connectivity index (χ2v) is 4.28. The first-order chi connectivity index (χ1) is 8.67. The van der Waals surface area contributed by atoms with E-state index in [-0.39, 0.29) is 12.1 Å². The van der Waals surface area contributed by atoms with Gasteiger partial charge in [-0.2, -0.15) is 9.97 Å². The van der Waals surface area contributed by atoms with E-state index in [1.807, 2.05) is 0 Å². The number of morpholine rings is 1.